The number of aromatic hydroxyl groups is 1. The molecule has 3 aromatic carbocycles. The van der Waals surface area contributed by atoms with Gasteiger partial charge in [-0.3, -0.25) is 77.4 Å². The molecule has 1 aliphatic rings. The van der Waals surface area contributed by atoms with Crippen molar-refractivity contribution in [3.63, 3.8) is 0 Å². The van der Waals surface area contributed by atoms with Gasteiger partial charge in [-0.05, 0) is 73.2 Å². The van der Waals surface area contributed by atoms with E-state index in [1.54, 1.807) is 44.8 Å². The highest BCUT2D eigenvalue weighted by Gasteiger charge is 2.33. The molecular weight excluding hydrogens is 1200 g/mol. The van der Waals surface area contributed by atoms with Crippen molar-refractivity contribution in [3.8, 4) is 5.75 Å². The second-order valence-electron chi connectivity index (χ2n) is 22.0. The zero-order chi connectivity index (χ0) is 67.4. The van der Waals surface area contributed by atoms with Crippen LogP contribution in [0.5, 0.6) is 5.75 Å². The van der Waals surface area contributed by atoms with Crippen LogP contribution in [0.15, 0.2) is 71.7 Å². The summed E-state index contributed by atoms with van der Waals surface area (Å²) in [5.41, 5.74) is 17.8. The molecule has 0 aromatic heterocycles. The largest absolute Gasteiger partial charge is 0.508 e. The normalized spacial score (nSPS) is 15.0. The van der Waals surface area contributed by atoms with Gasteiger partial charge in [0.1, 0.15) is 30.7 Å². The highest BCUT2D eigenvalue weighted by Crippen LogP contribution is 2.19. The van der Waals surface area contributed by atoms with Gasteiger partial charge < -0.3 is 83.8 Å². The number of nitrogens with zero attached hydrogens (tertiary/aromatic N) is 6. The molecule has 1 saturated heterocycles. The van der Waals surface area contributed by atoms with Crippen molar-refractivity contribution in [1.29, 1.82) is 0 Å². The maximum Gasteiger partial charge on any atom is 0.317 e. The van der Waals surface area contributed by atoms with E-state index in [1.165, 1.54) is 17.0 Å². The summed E-state index contributed by atoms with van der Waals surface area (Å²) >= 11 is 0. The number of aliphatic carboxylic acids is 3. The van der Waals surface area contributed by atoms with E-state index >= 15 is 0 Å². The monoisotopic (exact) mass is 1290 g/mol. The Morgan fingerprint density at radius 1 is 0.576 bits per heavy atom. The van der Waals surface area contributed by atoms with Gasteiger partial charge in [0.2, 0.25) is 41.4 Å². The minimum Gasteiger partial charge on any atom is -0.508 e. The number of fused-ring (bicyclic) bond motifs is 1. The predicted molar refractivity (Wildman–Crippen MR) is 335 cm³/mol. The van der Waals surface area contributed by atoms with Gasteiger partial charge in [-0.25, -0.2) is 0 Å². The van der Waals surface area contributed by atoms with Crippen molar-refractivity contribution in [1.82, 2.24) is 56.4 Å². The molecule has 1 aliphatic heterocycles. The van der Waals surface area contributed by atoms with Gasteiger partial charge >= 0.3 is 17.9 Å². The molecule has 0 spiro atoms. The minimum absolute atomic E-state index is 0.00738. The number of primary amides is 1. The smallest absolute Gasteiger partial charge is 0.317 e. The summed E-state index contributed by atoms with van der Waals surface area (Å²) in [6.07, 6.45) is 1.15. The van der Waals surface area contributed by atoms with Crippen molar-refractivity contribution in [2.45, 2.75) is 62.7 Å². The topological polar surface area (TPSA) is 466 Å². The van der Waals surface area contributed by atoms with Crippen LogP contribution in [0.1, 0.15) is 36.8 Å². The van der Waals surface area contributed by atoms with E-state index in [4.69, 9.17) is 26.7 Å². The Morgan fingerprint density at radius 3 is 1.71 bits per heavy atom. The number of likely N-dealkylation sites (N-methyl/N-ethyl adjacent to an activating group) is 1. The number of phenolic OH excluding ortho intramolecular Hbond substituents is 1. The summed E-state index contributed by atoms with van der Waals surface area (Å²) in [6.45, 7) is 0.0111. The summed E-state index contributed by atoms with van der Waals surface area (Å²) < 4.78 is 10.9. The molecule has 92 heavy (non-hydrogen) atoms. The van der Waals surface area contributed by atoms with Crippen LogP contribution < -0.4 is 49.1 Å². The quantitative estimate of drug-likeness (QED) is 0.0110. The number of ether oxygens (including phenoxy) is 2. The lowest BCUT2D eigenvalue weighted by atomic mass is 10.00. The number of carboxylic acids is 3. The third-order valence-electron chi connectivity index (χ3n) is 14.7. The van der Waals surface area contributed by atoms with E-state index in [2.05, 4.69) is 36.9 Å². The van der Waals surface area contributed by atoms with Gasteiger partial charge in [-0.15, -0.1) is 0 Å². The van der Waals surface area contributed by atoms with Crippen LogP contribution in [0.2, 0.25) is 0 Å². The molecule has 506 valence electrons. The Kier molecular flexibility index (Phi) is 34.0. The van der Waals surface area contributed by atoms with Crippen molar-refractivity contribution in [2.75, 3.05) is 145 Å². The van der Waals surface area contributed by atoms with Crippen LogP contribution in [-0.2, 0) is 75.1 Å². The number of nitrogens with two attached hydrogens (primary N) is 3. The van der Waals surface area contributed by atoms with Crippen LogP contribution in [0.3, 0.4) is 0 Å². The number of carbonyl (C=O) groups is 11. The van der Waals surface area contributed by atoms with E-state index in [1.807, 2.05) is 36.4 Å². The molecule has 4 atom stereocenters. The number of hydrogen-bond donors (Lipinski definition) is 13. The van der Waals surface area contributed by atoms with E-state index < -0.39 is 97.2 Å². The highest BCUT2D eigenvalue weighted by molar-refractivity contribution is 5.94. The second kappa shape index (κ2) is 41.5. The van der Waals surface area contributed by atoms with E-state index in [9.17, 15) is 73.2 Å². The van der Waals surface area contributed by atoms with Gasteiger partial charge in [-0.1, -0.05) is 54.6 Å². The van der Waals surface area contributed by atoms with Crippen molar-refractivity contribution in [3.05, 3.63) is 77.9 Å². The zero-order valence-electron chi connectivity index (χ0n) is 51.8. The number of carboxylic acid groups (broad SMARTS) is 3. The molecule has 1 heterocycles. The molecule has 4 unspecified atom stereocenters. The van der Waals surface area contributed by atoms with E-state index in [0.717, 1.165) is 10.8 Å². The number of amides is 7. The van der Waals surface area contributed by atoms with Crippen LogP contribution in [0, 0.1) is 0 Å². The number of rotatable bonds is 40. The van der Waals surface area contributed by atoms with E-state index in [0.29, 0.717) is 17.4 Å². The molecule has 0 bridgehead atoms. The Balaban J connectivity index is 1.28. The molecule has 32 heteroatoms. The fraction of sp³-hybridized carbons (Fsp3) is 0.533. The third kappa shape index (κ3) is 30.7. The van der Waals surface area contributed by atoms with Crippen LogP contribution in [0.25, 0.3) is 10.8 Å². The lowest BCUT2D eigenvalue weighted by Crippen LogP contribution is -2.58. The number of phenols is 1. The maximum atomic E-state index is 14.6. The molecule has 0 aliphatic carbocycles. The molecule has 4 rings (SSSR count). The van der Waals surface area contributed by atoms with Crippen molar-refractivity contribution >= 4 is 82.3 Å². The second-order valence-corrected chi connectivity index (χ2v) is 22.0. The summed E-state index contributed by atoms with van der Waals surface area (Å²) in [5.74, 6) is -7.90. The molecule has 0 radical (unpaired) electrons. The fourth-order valence-electron chi connectivity index (χ4n) is 9.84. The molecule has 1 fully saturated rings. The average molecular weight is 1290 g/mol. The summed E-state index contributed by atoms with van der Waals surface area (Å²) in [6, 6.07) is 14.7. The lowest BCUT2D eigenvalue weighted by Gasteiger charge is -2.33. The zero-order valence-corrected chi connectivity index (χ0v) is 51.8. The first-order chi connectivity index (χ1) is 44.0. The molecule has 32 nitrogen and oxygen atoms in total. The summed E-state index contributed by atoms with van der Waals surface area (Å²) in [5, 5.41) is 56.0. The van der Waals surface area contributed by atoms with Gasteiger partial charge in [0.25, 0.3) is 0 Å². The van der Waals surface area contributed by atoms with Gasteiger partial charge in [0.15, 0.2) is 5.96 Å². The first-order valence-corrected chi connectivity index (χ1v) is 30.1. The number of hydrogen-bond acceptors (Lipinski definition) is 20. The third-order valence-corrected chi connectivity index (χ3v) is 14.7. The first-order valence-electron chi connectivity index (χ1n) is 30.1. The molecule has 16 N–H and O–H groups in total. The molecule has 7 amide bonds. The van der Waals surface area contributed by atoms with Crippen LogP contribution in [-0.4, -0.2) is 285 Å². The van der Waals surface area contributed by atoms with E-state index in [-0.39, 0.29) is 174 Å². The Hall–Kier alpha value is -8.92. The summed E-state index contributed by atoms with van der Waals surface area (Å²) in [7, 11) is 1.56. The number of carbonyl (C=O) groups excluding carboxylic acids is 8. The van der Waals surface area contributed by atoms with Gasteiger partial charge in [0.05, 0.1) is 71.2 Å². The molecule has 0 saturated carbocycles. The predicted octanol–water partition coefficient (Wildman–Crippen LogP) is -4.54. The van der Waals surface area contributed by atoms with Gasteiger partial charge in [-0.2, -0.15) is 0 Å². The number of guanidine groups is 1. The fourth-order valence-corrected chi connectivity index (χ4v) is 9.84. The van der Waals surface area contributed by atoms with Crippen LogP contribution in [0.4, 0.5) is 0 Å². The Bertz CT molecular complexity index is 2900. The number of benzene rings is 3. The lowest BCUT2D eigenvalue weighted by molar-refractivity contribution is -0.140. The SMILES string of the molecule is CN(C(C=O)Cc1ccc(O)cc1)C(CCCNC(=O)CNC(=O)COCCOCCNC(=O)CN1CCN(CC(=O)O)CCN(CC(=O)O)CCN(CC(=O)O)CC1)C(=O)NC(CCCN=C(N)N)C(=O)NC(Cc1ccc2ccccc2c1)C(=O)NCC(N)=O. The van der Waals surface area contributed by atoms with Crippen LogP contribution >= 0.6 is 0 Å². The maximum absolute atomic E-state index is 14.6. The minimum atomic E-state index is -1.29. The Labute approximate surface area is 532 Å². The number of aldehydes is 1. The average Bonchev–Trinajstić information content (AvgIpc) is 1.07. The number of nitrogens with one attached hydrogen (secondary N) is 6. The number of aliphatic imine (C=N–C) groups is 1. The molecule has 3 aromatic rings. The van der Waals surface area contributed by atoms with Crippen molar-refractivity contribution in [2.24, 2.45) is 22.2 Å². The Morgan fingerprint density at radius 2 is 1.13 bits per heavy atom. The van der Waals surface area contributed by atoms with Gasteiger partial charge in [0, 0.05) is 78.4 Å². The highest BCUT2D eigenvalue weighted by atomic mass is 16.5. The molecular formula is C60H89N15O17. The first kappa shape index (κ1) is 75.5. The standard InChI is InChI=1S/C60H89N15O17/c1-71(45(39-76)31-41-11-14-46(77)15-12-41)49(59(90)69-47(8-4-17-66-60(62)63)58(89)70-48(57(88)68-33-50(61)78)32-42-10-13-43-6-2-3-7-44(43)30-42)9-5-16-64-51(79)34-67-53(81)40-92-29-28-91-27-18-65-52(80)35-72-19-21-73(36-54(82)83)23-25-75(38-56(86)87)26-24-74(22-20-72)37-55(84)85/h2-3,6-7,10-15,30,39,45,47-49,77H,4-5,8-9,16-29,31-38,40H2,1H3,(H2,61,78)(H,64,79)(H,65,80)(H,67,81)(H,68,88)(H,69,90)(H,70,89)(H,82,83)(H,84,85)(H,86,87)(H4,62,63,66). The van der Waals surface area contributed by atoms with Crippen molar-refractivity contribution < 1.29 is 82.6 Å². The summed E-state index contributed by atoms with van der Waals surface area (Å²) in [4.78, 5) is 152.